The minimum Gasteiger partial charge on any atom is -0.450 e. The minimum atomic E-state index is 0.0176. The van der Waals surface area contributed by atoms with Crippen LogP contribution in [-0.2, 0) is 0 Å². The average Bonchev–Trinajstić information content (AvgIpc) is 3.02. The molecule has 0 amide bonds. The van der Waals surface area contributed by atoms with Gasteiger partial charge >= 0.3 is 0 Å². The highest BCUT2D eigenvalue weighted by Crippen LogP contribution is 2.31. The topological polar surface area (TPSA) is 74.7 Å². The molecule has 0 saturated carbocycles. The predicted octanol–water partition coefficient (Wildman–Crippen LogP) is 4.42. The Bertz CT molecular complexity index is 1060. The fourth-order valence-electron chi connectivity index (χ4n) is 2.76. The van der Waals surface area contributed by atoms with E-state index in [2.05, 4.69) is 21.4 Å². The monoisotopic (exact) mass is 314 g/mol. The number of nitriles is 1. The Morgan fingerprint density at radius 2 is 1.88 bits per heavy atom. The Balaban J connectivity index is 1.72. The van der Waals surface area contributed by atoms with E-state index in [-0.39, 0.29) is 6.04 Å². The Hall–Kier alpha value is -3.39. The van der Waals surface area contributed by atoms with Gasteiger partial charge in [-0.25, -0.2) is 9.97 Å². The van der Waals surface area contributed by atoms with Crippen LogP contribution in [0.1, 0.15) is 24.1 Å². The third-order valence-corrected chi connectivity index (χ3v) is 4.05. The first kappa shape index (κ1) is 14.2. The standard InChI is InChI=1S/C19H14N4O/c1-12(14-8-6-13(10-20)7-9-14)23-19-18-17(21-11-22-19)15-4-2-3-5-16(15)24-18/h2-9,11-12H,1H3,(H,21,22,23)/t12-/m1/s1. The quantitative estimate of drug-likeness (QED) is 0.606. The van der Waals surface area contributed by atoms with Crippen LogP contribution in [0.25, 0.3) is 22.1 Å². The summed E-state index contributed by atoms with van der Waals surface area (Å²) >= 11 is 0. The number of aromatic nitrogens is 2. The van der Waals surface area contributed by atoms with Gasteiger partial charge in [-0.2, -0.15) is 5.26 Å². The van der Waals surface area contributed by atoms with Gasteiger partial charge in [0.1, 0.15) is 17.4 Å². The molecule has 24 heavy (non-hydrogen) atoms. The molecule has 5 nitrogen and oxygen atoms in total. The molecule has 1 N–H and O–H groups in total. The molecule has 0 unspecified atom stereocenters. The first-order valence-corrected chi connectivity index (χ1v) is 7.65. The normalized spacial score (nSPS) is 12.2. The SMILES string of the molecule is C[C@@H](Nc1ncnc2c1oc1ccccc12)c1ccc(C#N)cc1. The summed E-state index contributed by atoms with van der Waals surface area (Å²) in [7, 11) is 0. The molecule has 0 saturated heterocycles. The molecule has 116 valence electrons. The molecule has 1 atom stereocenters. The van der Waals surface area contributed by atoms with Crippen LogP contribution in [0.4, 0.5) is 5.82 Å². The molecule has 0 bridgehead atoms. The number of benzene rings is 2. The second kappa shape index (κ2) is 5.67. The molecule has 4 aromatic rings. The van der Waals surface area contributed by atoms with Crippen LogP contribution in [0.3, 0.4) is 0 Å². The first-order valence-electron chi connectivity index (χ1n) is 7.65. The highest BCUT2D eigenvalue weighted by molar-refractivity contribution is 6.05. The van der Waals surface area contributed by atoms with E-state index in [4.69, 9.17) is 9.68 Å². The third kappa shape index (κ3) is 2.34. The fraction of sp³-hybridized carbons (Fsp3) is 0.105. The molecule has 2 aromatic carbocycles. The highest BCUT2D eigenvalue weighted by Gasteiger charge is 2.15. The van der Waals surface area contributed by atoms with Crippen molar-refractivity contribution in [2.45, 2.75) is 13.0 Å². The van der Waals surface area contributed by atoms with Gasteiger partial charge in [0.25, 0.3) is 0 Å². The van der Waals surface area contributed by atoms with Gasteiger partial charge < -0.3 is 9.73 Å². The van der Waals surface area contributed by atoms with Crippen LogP contribution in [-0.4, -0.2) is 9.97 Å². The number of nitrogens with one attached hydrogen (secondary N) is 1. The average molecular weight is 314 g/mol. The Morgan fingerprint density at radius 1 is 1.08 bits per heavy atom. The first-order chi connectivity index (χ1) is 11.8. The van der Waals surface area contributed by atoms with Gasteiger partial charge in [0.05, 0.1) is 17.7 Å². The van der Waals surface area contributed by atoms with Gasteiger partial charge in [-0.05, 0) is 36.8 Å². The van der Waals surface area contributed by atoms with Crippen molar-refractivity contribution >= 4 is 27.9 Å². The van der Waals surface area contributed by atoms with Crippen molar-refractivity contribution in [1.82, 2.24) is 9.97 Å². The summed E-state index contributed by atoms with van der Waals surface area (Å²) in [6, 6.07) is 17.4. The third-order valence-electron chi connectivity index (χ3n) is 4.05. The summed E-state index contributed by atoms with van der Waals surface area (Å²) in [5.41, 5.74) is 3.96. The molecule has 2 aromatic heterocycles. The summed E-state index contributed by atoms with van der Waals surface area (Å²) in [6.45, 7) is 2.04. The van der Waals surface area contributed by atoms with Crippen LogP contribution in [0.15, 0.2) is 59.3 Å². The zero-order chi connectivity index (χ0) is 16.5. The van der Waals surface area contributed by atoms with E-state index in [1.165, 1.54) is 6.33 Å². The largest absolute Gasteiger partial charge is 0.450 e. The maximum Gasteiger partial charge on any atom is 0.196 e. The number of furan rings is 1. The molecule has 0 aliphatic carbocycles. The molecule has 0 aliphatic heterocycles. The van der Waals surface area contributed by atoms with Crippen LogP contribution in [0.5, 0.6) is 0 Å². The van der Waals surface area contributed by atoms with E-state index < -0.39 is 0 Å². The molecular weight excluding hydrogens is 300 g/mol. The van der Waals surface area contributed by atoms with Crippen molar-refractivity contribution in [3.63, 3.8) is 0 Å². The van der Waals surface area contributed by atoms with E-state index >= 15 is 0 Å². The minimum absolute atomic E-state index is 0.0176. The van der Waals surface area contributed by atoms with Crippen molar-refractivity contribution < 1.29 is 4.42 Å². The Kier molecular flexibility index (Phi) is 3.36. The second-order valence-electron chi connectivity index (χ2n) is 5.60. The molecule has 5 heteroatoms. The zero-order valence-electron chi connectivity index (χ0n) is 13.0. The highest BCUT2D eigenvalue weighted by atomic mass is 16.3. The lowest BCUT2D eigenvalue weighted by Crippen LogP contribution is -2.08. The maximum absolute atomic E-state index is 8.89. The number of para-hydroxylation sites is 1. The van der Waals surface area contributed by atoms with Gasteiger partial charge in [-0.3, -0.25) is 0 Å². The predicted molar refractivity (Wildman–Crippen MR) is 92.5 cm³/mol. The van der Waals surface area contributed by atoms with Gasteiger partial charge in [0.15, 0.2) is 11.4 Å². The van der Waals surface area contributed by atoms with E-state index in [9.17, 15) is 0 Å². The van der Waals surface area contributed by atoms with Crippen molar-refractivity contribution in [2.75, 3.05) is 5.32 Å². The zero-order valence-corrected chi connectivity index (χ0v) is 13.0. The number of hydrogen-bond acceptors (Lipinski definition) is 5. The number of nitrogens with zero attached hydrogens (tertiary/aromatic N) is 3. The molecule has 0 radical (unpaired) electrons. The summed E-state index contributed by atoms with van der Waals surface area (Å²) in [5.74, 6) is 0.660. The molecular formula is C19H14N4O. The van der Waals surface area contributed by atoms with E-state index in [1.54, 1.807) is 0 Å². The lowest BCUT2D eigenvalue weighted by Gasteiger charge is -2.14. The van der Waals surface area contributed by atoms with Crippen molar-refractivity contribution in [2.24, 2.45) is 0 Å². The lowest BCUT2D eigenvalue weighted by atomic mass is 10.1. The molecule has 2 heterocycles. The number of fused-ring (bicyclic) bond motifs is 3. The summed E-state index contributed by atoms with van der Waals surface area (Å²) < 4.78 is 5.93. The van der Waals surface area contributed by atoms with E-state index in [1.807, 2.05) is 55.5 Å². The van der Waals surface area contributed by atoms with E-state index in [0.29, 0.717) is 17.0 Å². The molecule has 4 rings (SSSR count). The molecule has 0 fully saturated rings. The van der Waals surface area contributed by atoms with Crippen LogP contribution in [0.2, 0.25) is 0 Å². The van der Waals surface area contributed by atoms with Gasteiger partial charge in [0, 0.05) is 5.39 Å². The summed E-state index contributed by atoms with van der Waals surface area (Å²) in [5, 5.41) is 13.2. The number of hydrogen-bond donors (Lipinski definition) is 1. The lowest BCUT2D eigenvalue weighted by molar-refractivity contribution is 0.665. The fourth-order valence-corrected chi connectivity index (χ4v) is 2.76. The Morgan fingerprint density at radius 3 is 2.67 bits per heavy atom. The summed E-state index contributed by atoms with van der Waals surface area (Å²) in [4.78, 5) is 8.68. The van der Waals surface area contributed by atoms with Crippen LogP contribution >= 0.6 is 0 Å². The van der Waals surface area contributed by atoms with Gasteiger partial charge in [-0.1, -0.05) is 24.3 Å². The maximum atomic E-state index is 8.89. The van der Waals surface area contributed by atoms with Crippen molar-refractivity contribution in [3.8, 4) is 6.07 Å². The van der Waals surface area contributed by atoms with E-state index in [0.717, 1.165) is 22.0 Å². The van der Waals surface area contributed by atoms with Crippen molar-refractivity contribution in [1.29, 1.82) is 5.26 Å². The number of rotatable bonds is 3. The second-order valence-corrected chi connectivity index (χ2v) is 5.60. The van der Waals surface area contributed by atoms with Gasteiger partial charge in [-0.15, -0.1) is 0 Å². The number of anilines is 1. The van der Waals surface area contributed by atoms with Crippen LogP contribution < -0.4 is 5.32 Å². The molecule has 0 aliphatic rings. The van der Waals surface area contributed by atoms with Crippen LogP contribution in [0, 0.1) is 11.3 Å². The van der Waals surface area contributed by atoms with Crippen molar-refractivity contribution in [3.05, 3.63) is 66.0 Å². The smallest absolute Gasteiger partial charge is 0.196 e. The summed E-state index contributed by atoms with van der Waals surface area (Å²) in [6.07, 6.45) is 1.54. The Labute approximate surface area is 138 Å². The molecule has 0 spiro atoms. The van der Waals surface area contributed by atoms with Gasteiger partial charge in [0.2, 0.25) is 0 Å².